The van der Waals surface area contributed by atoms with Crippen LogP contribution in [0.2, 0.25) is 5.02 Å². The molecule has 0 saturated heterocycles. The van der Waals surface area contributed by atoms with Crippen LogP contribution in [0.25, 0.3) is 5.69 Å². The number of aromatic nitrogens is 2. The second kappa shape index (κ2) is 4.22. The Kier molecular flexibility index (Phi) is 2.90. The molecule has 88 valence electrons. The third-order valence-corrected chi connectivity index (χ3v) is 2.98. The number of aryl methyl sites for hydroxylation is 1. The standard InChI is InChI=1S/C12H11ClN2O2/c1-7-3-5-9(6-4-7)15-8(2)10(13)11(14-15)12(16)17/h3-6H,1-2H3,(H,16,17). The molecule has 0 atom stereocenters. The fourth-order valence-corrected chi connectivity index (χ4v) is 1.76. The van der Waals surface area contributed by atoms with E-state index in [0.29, 0.717) is 5.69 Å². The average Bonchev–Trinajstić information content (AvgIpc) is 2.58. The highest BCUT2D eigenvalue weighted by atomic mass is 35.5. The van der Waals surface area contributed by atoms with Gasteiger partial charge in [0.15, 0.2) is 5.69 Å². The van der Waals surface area contributed by atoms with Crippen molar-refractivity contribution in [2.45, 2.75) is 13.8 Å². The highest BCUT2D eigenvalue weighted by Crippen LogP contribution is 2.23. The Bertz CT molecular complexity index is 573. The first-order valence-corrected chi connectivity index (χ1v) is 5.44. The van der Waals surface area contributed by atoms with Gasteiger partial charge in [0.2, 0.25) is 0 Å². The van der Waals surface area contributed by atoms with Gasteiger partial charge >= 0.3 is 5.97 Å². The van der Waals surface area contributed by atoms with Gasteiger partial charge in [0, 0.05) is 0 Å². The van der Waals surface area contributed by atoms with Gasteiger partial charge in [-0.15, -0.1) is 0 Å². The van der Waals surface area contributed by atoms with Gasteiger partial charge in [0.05, 0.1) is 16.4 Å². The SMILES string of the molecule is Cc1ccc(-n2nc(C(=O)O)c(Cl)c2C)cc1. The molecule has 1 aromatic carbocycles. The van der Waals surface area contributed by atoms with Crippen LogP contribution in [-0.2, 0) is 0 Å². The molecule has 1 heterocycles. The Morgan fingerprint density at radius 1 is 1.29 bits per heavy atom. The van der Waals surface area contributed by atoms with Crippen LogP contribution in [0.1, 0.15) is 21.7 Å². The molecule has 0 saturated carbocycles. The summed E-state index contributed by atoms with van der Waals surface area (Å²) in [5.41, 5.74) is 2.42. The number of carboxylic acid groups (broad SMARTS) is 1. The van der Waals surface area contributed by atoms with Crippen LogP contribution in [0.15, 0.2) is 24.3 Å². The third-order valence-electron chi connectivity index (χ3n) is 2.52. The first-order valence-electron chi connectivity index (χ1n) is 5.06. The molecule has 0 aliphatic heterocycles. The summed E-state index contributed by atoms with van der Waals surface area (Å²) in [5, 5.41) is 13.1. The van der Waals surface area contributed by atoms with Crippen LogP contribution in [0.5, 0.6) is 0 Å². The van der Waals surface area contributed by atoms with E-state index in [1.807, 2.05) is 31.2 Å². The molecule has 5 heteroatoms. The van der Waals surface area contributed by atoms with Gasteiger partial charge in [0.1, 0.15) is 0 Å². The van der Waals surface area contributed by atoms with Crippen molar-refractivity contribution in [2.24, 2.45) is 0 Å². The largest absolute Gasteiger partial charge is 0.476 e. The summed E-state index contributed by atoms with van der Waals surface area (Å²) in [6.45, 7) is 3.72. The van der Waals surface area contributed by atoms with Crippen molar-refractivity contribution in [1.29, 1.82) is 0 Å². The van der Waals surface area contributed by atoms with Gasteiger partial charge in [-0.2, -0.15) is 5.10 Å². The van der Waals surface area contributed by atoms with Crippen LogP contribution in [0.4, 0.5) is 0 Å². The number of aromatic carboxylic acids is 1. The zero-order valence-electron chi connectivity index (χ0n) is 9.44. The van der Waals surface area contributed by atoms with Crippen LogP contribution in [0.3, 0.4) is 0 Å². The summed E-state index contributed by atoms with van der Waals surface area (Å²) in [7, 11) is 0. The Morgan fingerprint density at radius 3 is 2.35 bits per heavy atom. The van der Waals surface area contributed by atoms with E-state index in [4.69, 9.17) is 16.7 Å². The number of halogens is 1. The number of hydrogen-bond donors (Lipinski definition) is 1. The van der Waals surface area contributed by atoms with Gasteiger partial charge in [0.25, 0.3) is 0 Å². The predicted molar refractivity (Wildman–Crippen MR) is 65.0 cm³/mol. The molecule has 0 bridgehead atoms. The van der Waals surface area contributed by atoms with E-state index in [0.717, 1.165) is 11.3 Å². The molecule has 17 heavy (non-hydrogen) atoms. The fraction of sp³-hybridized carbons (Fsp3) is 0.167. The average molecular weight is 251 g/mol. The molecule has 0 unspecified atom stereocenters. The molecular formula is C12H11ClN2O2. The van der Waals surface area contributed by atoms with Crippen LogP contribution < -0.4 is 0 Å². The van der Waals surface area contributed by atoms with Gasteiger partial charge < -0.3 is 5.11 Å². The van der Waals surface area contributed by atoms with Crippen molar-refractivity contribution in [3.63, 3.8) is 0 Å². The van der Waals surface area contributed by atoms with Crippen LogP contribution in [-0.4, -0.2) is 20.9 Å². The second-order valence-electron chi connectivity index (χ2n) is 3.80. The first-order chi connectivity index (χ1) is 8.00. The number of benzene rings is 1. The van der Waals surface area contributed by atoms with Crippen LogP contribution >= 0.6 is 11.6 Å². The lowest BCUT2D eigenvalue weighted by molar-refractivity contribution is 0.0690. The normalized spacial score (nSPS) is 10.5. The second-order valence-corrected chi connectivity index (χ2v) is 4.18. The maximum atomic E-state index is 10.9. The number of nitrogens with zero attached hydrogens (tertiary/aromatic N) is 2. The molecule has 1 aromatic heterocycles. The number of hydrogen-bond acceptors (Lipinski definition) is 2. The third kappa shape index (κ3) is 2.03. The topological polar surface area (TPSA) is 55.1 Å². The summed E-state index contributed by atoms with van der Waals surface area (Å²) in [6, 6.07) is 7.62. The summed E-state index contributed by atoms with van der Waals surface area (Å²) < 4.78 is 1.53. The molecule has 2 aromatic rings. The van der Waals surface area contributed by atoms with Crippen molar-refractivity contribution >= 4 is 17.6 Å². The van der Waals surface area contributed by atoms with Crippen molar-refractivity contribution in [3.8, 4) is 5.69 Å². The van der Waals surface area contributed by atoms with Gasteiger partial charge in [-0.1, -0.05) is 29.3 Å². The Hall–Kier alpha value is -1.81. The Labute approximate surface area is 103 Å². The van der Waals surface area contributed by atoms with E-state index in [2.05, 4.69) is 5.10 Å². The van der Waals surface area contributed by atoms with E-state index in [9.17, 15) is 4.79 Å². The zero-order chi connectivity index (χ0) is 12.6. The summed E-state index contributed by atoms with van der Waals surface area (Å²) >= 11 is 5.93. The molecular weight excluding hydrogens is 240 g/mol. The summed E-state index contributed by atoms with van der Waals surface area (Å²) in [5.74, 6) is -1.12. The van der Waals surface area contributed by atoms with Crippen molar-refractivity contribution in [1.82, 2.24) is 9.78 Å². The maximum absolute atomic E-state index is 10.9. The molecule has 0 aliphatic carbocycles. The minimum atomic E-state index is -1.12. The van der Waals surface area contributed by atoms with Gasteiger partial charge in [-0.25, -0.2) is 9.48 Å². The lowest BCUT2D eigenvalue weighted by atomic mass is 10.2. The number of carbonyl (C=O) groups is 1. The van der Waals surface area contributed by atoms with E-state index in [1.54, 1.807) is 6.92 Å². The monoisotopic (exact) mass is 250 g/mol. The first kappa shape index (κ1) is 11.7. The molecule has 1 N–H and O–H groups in total. The lowest BCUT2D eigenvalue weighted by Gasteiger charge is -2.04. The molecule has 0 amide bonds. The van der Waals surface area contributed by atoms with E-state index in [1.165, 1.54) is 4.68 Å². The van der Waals surface area contributed by atoms with Crippen molar-refractivity contribution in [2.75, 3.05) is 0 Å². The van der Waals surface area contributed by atoms with Crippen LogP contribution in [0, 0.1) is 13.8 Å². The Balaban J connectivity index is 2.56. The molecule has 0 spiro atoms. The molecule has 0 fully saturated rings. The van der Waals surface area contributed by atoms with E-state index >= 15 is 0 Å². The molecule has 0 aliphatic rings. The fourth-order valence-electron chi connectivity index (χ4n) is 1.56. The van der Waals surface area contributed by atoms with E-state index < -0.39 is 5.97 Å². The van der Waals surface area contributed by atoms with Gasteiger partial charge in [-0.05, 0) is 26.0 Å². The van der Waals surface area contributed by atoms with Crippen molar-refractivity contribution in [3.05, 3.63) is 46.2 Å². The van der Waals surface area contributed by atoms with Crippen molar-refractivity contribution < 1.29 is 9.90 Å². The smallest absolute Gasteiger partial charge is 0.358 e. The minimum Gasteiger partial charge on any atom is -0.476 e. The van der Waals surface area contributed by atoms with E-state index in [-0.39, 0.29) is 10.7 Å². The summed E-state index contributed by atoms with van der Waals surface area (Å²) in [6.07, 6.45) is 0. The van der Waals surface area contributed by atoms with Gasteiger partial charge in [-0.3, -0.25) is 0 Å². The quantitative estimate of drug-likeness (QED) is 0.892. The minimum absolute atomic E-state index is 0.121. The molecule has 0 radical (unpaired) electrons. The maximum Gasteiger partial charge on any atom is 0.358 e. The zero-order valence-corrected chi connectivity index (χ0v) is 10.2. The molecule has 2 rings (SSSR count). The molecule has 4 nitrogen and oxygen atoms in total. The number of rotatable bonds is 2. The lowest BCUT2D eigenvalue weighted by Crippen LogP contribution is -2.02. The Morgan fingerprint density at radius 2 is 1.88 bits per heavy atom. The highest BCUT2D eigenvalue weighted by Gasteiger charge is 2.19. The number of carboxylic acids is 1. The summed E-state index contributed by atoms with van der Waals surface area (Å²) in [4.78, 5) is 10.9. The highest BCUT2D eigenvalue weighted by molar-refractivity contribution is 6.33. The predicted octanol–water partition coefficient (Wildman–Crippen LogP) is 2.84.